The van der Waals surface area contributed by atoms with Gasteiger partial charge in [-0.25, -0.2) is 5.43 Å². The van der Waals surface area contributed by atoms with Gasteiger partial charge in [-0.15, -0.1) is 0 Å². The Morgan fingerprint density at radius 1 is 1.03 bits per heavy atom. The molecule has 0 spiro atoms. The van der Waals surface area contributed by atoms with E-state index in [1.54, 1.807) is 42.5 Å². The predicted molar refractivity (Wildman–Crippen MR) is 125 cm³/mol. The van der Waals surface area contributed by atoms with Crippen LogP contribution in [0.3, 0.4) is 0 Å². The molecule has 0 bridgehead atoms. The van der Waals surface area contributed by atoms with Crippen molar-refractivity contribution >= 4 is 28.1 Å². The number of hydrazone groups is 1. The molecule has 0 fully saturated rings. The van der Waals surface area contributed by atoms with Gasteiger partial charge in [0.2, 0.25) is 0 Å². The van der Waals surface area contributed by atoms with Gasteiger partial charge in [-0.05, 0) is 48.9 Å². The minimum absolute atomic E-state index is 0.0918. The van der Waals surface area contributed by atoms with Crippen LogP contribution in [0.1, 0.15) is 74.2 Å². The molecular formula is C24H31BrN2O3. The maximum absolute atomic E-state index is 12.2. The van der Waals surface area contributed by atoms with Crippen LogP contribution in [-0.2, 0) is 0 Å². The quantitative estimate of drug-likeness (QED) is 0.199. The highest BCUT2D eigenvalue weighted by atomic mass is 79.9. The topological polar surface area (TPSA) is 70.9 Å². The van der Waals surface area contributed by atoms with Crippen LogP contribution >= 0.6 is 15.9 Å². The zero-order valence-corrected chi connectivity index (χ0v) is 19.2. The molecule has 0 radical (unpaired) electrons. The lowest BCUT2D eigenvalue weighted by Gasteiger charge is -2.07. The van der Waals surface area contributed by atoms with Crippen molar-refractivity contribution in [3.63, 3.8) is 0 Å². The smallest absolute Gasteiger partial charge is 0.271 e. The van der Waals surface area contributed by atoms with Crippen LogP contribution in [-0.4, -0.2) is 23.8 Å². The number of benzene rings is 2. The molecule has 30 heavy (non-hydrogen) atoms. The summed E-state index contributed by atoms with van der Waals surface area (Å²) >= 11 is 3.33. The van der Waals surface area contributed by atoms with Crippen LogP contribution < -0.4 is 10.2 Å². The summed E-state index contributed by atoms with van der Waals surface area (Å²) in [6, 6.07) is 12.0. The lowest BCUT2D eigenvalue weighted by atomic mass is 10.1. The minimum Gasteiger partial charge on any atom is -0.507 e. The first-order valence-corrected chi connectivity index (χ1v) is 11.4. The second-order valence-corrected chi connectivity index (χ2v) is 8.17. The largest absolute Gasteiger partial charge is 0.507 e. The van der Waals surface area contributed by atoms with Gasteiger partial charge in [0.25, 0.3) is 5.91 Å². The average molecular weight is 475 g/mol. The number of nitrogens with one attached hydrogen (secondary N) is 1. The van der Waals surface area contributed by atoms with Crippen molar-refractivity contribution in [2.24, 2.45) is 5.10 Å². The summed E-state index contributed by atoms with van der Waals surface area (Å²) in [5.74, 6) is 0.529. The van der Waals surface area contributed by atoms with E-state index in [1.807, 2.05) is 0 Å². The zero-order chi connectivity index (χ0) is 21.6. The molecule has 2 aromatic carbocycles. The molecule has 0 aliphatic heterocycles. The fraction of sp³-hybridized carbons (Fsp3) is 0.417. The van der Waals surface area contributed by atoms with Crippen molar-refractivity contribution in [3.05, 3.63) is 58.1 Å². The highest BCUT2D eigenvalue weighted by molar-refractivity contribution is 9.10. The average Bonchev–Trinajstić information content (AvgIpc) is 2.75. The molecule has 0 aliphatic carbocycles. The summed E-state index contributed by atoms with van der Waals surface area (Å²) in [5.41, 5.74) is 3.46. The molecule has 0 atom stereocenters. The van der Waals surface area contributed by atoms with Crippen molar-refractivity contribution in [3.8, 4) is 11.5 Å². The Bertz CT molecular complexity index is 807. The molecule has 5 nitrogen and oxygen atoms in total. The van der Waals surface area contributed by atoms with Crippen LogP contribution in [0.4, 0.5) is 0 Å². The van der Waals surface area contributed by atoms with Gasteiger partial charge in [0, 0.05) is 15.6 Å². The molecule has 162 valence electrons. The van der Waals surface area contributed by atoms with Crippen molar-refractivity contribution in [1.82, 2.24) is 5.43 Å². The molecule has 1 amide bonds. The number of nitrogens with zero attached hydrogens (tertiary/aromatic N) is 1. The van der Waals surface area contributed by atoms with Crippen LogP contribution in [0.25, 0.3) is 0 Å². The van der Waals surface area contributed by atoms with Gasteiger partial charge in [0.15, 0.2) is 0 Å². The second-order valence-electron chi connectivity index (χ2n) is 7.25. The summed E-state index contributed by atoms with van der Waals surface area (Å²) in [5, 5.41) is 13.7. The Balaban J connectivity index is 1.67. The standard InChI is InChI=1S/C24H31BrN2O3/c1-2-3-4-5-6-7-8-9-16-30-22-13-10-19(11-14-22)24(29)27-26-18-20-17-21(25)12-15-23(20)28/h10-15,17-18,28H,2-9,16H2,1H3,(H,27,29)/b26-18-. The lowest BCUT2D eigenvalue weighted by molar-refractivity contribution is 0.0955. The molecule has 2 rings (SSSR count). The van der Waals surface area contributed by atoms with E-state index in [2.05, 4.69) is 33.4 Å². The number of phenols is 1. The van der Waals surface area contributed by atoms with Gasteiger partial charge in [0.05, 0.1) is 12.8 Å². The van der Waals surface area contributed by atoms with Gasteiger partial charge in [0.1, 0.15) is 11.5 Å². The van der Waals surface area contributed by atoms with Crippen molar-refractivity contribution in [1.29, 1.82) is 0 Å². The number of unbranched alkanes of at least 4 members (excludes halogenated alkanes) is 7. The molecule has 0 unspecified atom stereocenters. The van der Waals surface area contributed by atoms with E-state index in [0.717, 1.165) is 16.6 Å². The molecule has 0 aromatic heterocycles. The van der Waals surface area contributed by atoms with Gasteiger partial charge in [-0.1, -0.05) is 67.8 Å². The highest BCUT2D eigenvalue weighted by Crippen LogP contribution is 2.20. The van der Waals surface area contributed by atoms with E-state index in [9.17, 15) is 9.90 Å². The first-order valence-electron chi connectivity index (χ1n) is 10.6. The Morgan fingerprint density at radius 3 is 2.40 bits per heavy atom. The number of rotatable bonds is 13. The molecule has 2 N–H and O–H groups in total. The molecule has 6 heteroatoms. The van der Waals surface area contributed by atoms with Crippen LogP contribution in [0.5, 0.6) is 11.5 Å². The van der Waals surface area contributed by atoms with Crippen LogP contribution in [0.15, 0.2) is 52.0 Å². The number of amides is 1. The first-order chi connectivity index (χ1) is 14.6. The van der Waals surface area contributed by atoms with Gasteiger partial charge in [-0.3, -0.25) is 4.79 Å². The molecule has 0 heterocycles. The maximum Gasteiger partial charge on any atom is 0.271 e. The number of carbonyl (C=O) groups is 1. The molecule has 2 aromatic rings. The third kappa shape index (κ3) is 8.99. The predicted octanol–water partition coefficient (Wildman–Crippen LogP) is 6.44. The third-order valence-electron chi connectivity index (χ3n) is 4.74. The number of hydrogen-bond acceptors (Lipinski definition) is 4. The summed E-state index contributed by atoms with van der Waals surface area (Å²) in [4.78, 5) is 12.2. The van der Waals surface area contributed by atoms with E-state index in [-0.39, 0.29) is 11.7 Å². The minimum atomic E-state index is -0.324. The number of aromatic hydroxyl groups is 1. The number of carbonyl (C=O) groups excluding carboxylic acids is 1. The molecule has 0 saturated heterocycles. The molecular weight excluding hydrogens is 444 g/mol. The van der Waals surface area contributed by atoms with Gasteiger partial charge in [-0.2, -0.15) is 5.10 Å². The zero-order valence-electron chi connectivity index (χ0n) is 17.6. The van der Waals surface area contributed by atoms with Crippen molar-refractivity contribution < 1.29 is 14.6 Å². The monoisotopic (exact) mass is 474 g/mol. The summed E-state index contributed by atoms with van der Waals surface area (Å²) in [6.07, 6.45) is 11.6. The summed E-state index contributed by atoms with van der Waals surface area (Å²) < 4.78 is 6.57. The number of ether oxygens (including phenoxy) is 1. The van der Waals surface area contributed by atoms with Crippen molar-refractivity contribution in [2.75, 3.05) is 6.61 Å². The maximum atomic E-state index is 12.2. The van der Waals surface area contributed by atoms with Gasteiger partial charge >= 0.3 is 0 Å². The Labute approximate surface area is 187 Å². The molecule has 0 aliphatic rings. The Hall–Kier alpha value is -2.34. The normalized spacial score (nSPS) is 11.0. The number of halogens is 1. The summed E-state index contributed by atoms with van der Waals surface area (Å²) in [6.45, 7) is 2.93. The molecule has 0 saturated carbocycles. The van der Waals surface area contributed by atoms with E-state index in [1.165, 1.54) is 51.2 Å². The first kappa shape index (κ1) is 23.9. The van der Waals surface area contributed by atoms with E-state index in [0.29, 0.717) is 17.7 Å². The Kier molecular flexibility index (Phi) is 11.0. The van der Waals surface area contributed by atoms with E-state index < -0.39 is 0 Å². The number of phenolic OH excluding ortho intramolecular Hbond substituents is 1. The van der Waals surface area contributed by atoms with E-state index >= 15 is 0 Å². The lowest BCUT2D eigenvalue weighted by Crippen LogP contribution is -2.17. The third-order valence-corrected chi connectivity index (χ3v) is 5.24. The van der Waals surface area contributed by atoms with Gasteiger partial charge < -0.3 is 9.84 Å². The van der Waals surface area contributed by atoms with Crippen molar-refractivity contribution in [2.45, 2.75) is 58.3 Å². The number of hydrogen-bond donors (Lipinski definition) is 2. The van der Waals surface area contributed by atoms with E-state index in [4.69, 9.17) is 4.74 Å². The fourth-order valence-corrected chi connectivity index (χ4v) is 3.36. The highest BCUT2D eigenvalue weighted by Gasteiger charge is 2.05. The second kappa shape index (κ2) is 13.8. The van der Waals surface area contributed by atoms with Crippen LogP contribution in [0, 0.1) is 0 Å². The SMILES string of the molecule is CCCCCCCCCCOc1ccc(C(=O)N/N=C\c2cc(Br)ccc2O)cc1. The van der Waals surface area contributed by atoms with Crippen LogP contribution in [0.2, 0.25) is 0 Å². The fourth-order valence-electron chi connectivity index (χ4n) is 2.98. The Morgan fingerprint density at radius 2 is 1.70 bits per heavy atom. The summed E-state index contributed by atoms with van der Waals surface area (Å²) in [7, 11) is 0.